The summed E-state index contributed by atoms with van der Waals surface area (Å²) in [6.07, 6.45) is 5.25. The van der Waals surface area contributed by atoms with Crippen molar-refractivity contribution in [3.8, 4) is 17.5 Å². The maximum atomic E-state index is 12.3. The van der Waals surface area contributed by atoms with Crippen molar-refractivity contribution in [2.75, 3.05) is 0 Å². The first-order chi connectivity index (χ1) is 12.1. The number of hydrogen-bond acceptors (Lipinski definition) is 3. The Bertz CT molecular complexity index is 919. The third-order valence-corrected chi connectivity index (χ3v) is 3.42. The van der Waals surface area contributed by atoms with Gasteiger partial charge in [-0.2, -0.15) is 5.10 Å². The van der Waals surface area contributed by atoms with Gasteiger partial charge in [0.1, 0.15) is 5.69 Å². The normalized spacial score (nSPS) is 10.2. The Hall–Kier alpha value is -3.39. The summed E-state index contributed by atoms with van der Waals surface area (Å²) >= 11 is 0. The molecule has 25 heavy (non-hydrogen) atoms. The summed E-state index contributed by atoms with van der Waals surface area (Å²) in [5.41, 5.74) is 2.76. The average Bonchev–Trinajstić information content (AvgIpc) is 3.14. The molecule has 0 bridgehead atoms. The van der Waals surface area contributed by atoms with Crippen LogP contribution in [0.5, 0.6) is 0 Å². The number of amides is 1. The second-order valence-electron chi connectivity index (χ2n) is 5.78. The van der Waals surface area contributed by atoms with Crippen LogP contribution in [0.15, 0.2) is 61.1 Å². The Morgan fingerprint density at radius 3 is 2.68 bits per heavy atom. The molecule has 0 saturated carbocycles. The van der Waals surface area contributed by atoms with Crippen LogP contribution in [0, 0.1) is 11.8 Å². The van der Waals surface area contributed by atoms with Crippen LogP contribution >= 0.6 is 0 Å². The van der Waals surface area contributed by atoms with Gasteiger partial charge in [-0.1, -0.05) is 12.0 Å². The number of aromatic nitrogens is 3. The lowest BCUT2D eigenvalue weighted by Crippen LogP contribution is -2.30. The molecular formula is C20H18N4O. The minimum absolute atomic E-state index is 0.0707. The van der Waals surface area contributed by atoms with Crippen LogP contribution in [0.1, 0.15) is 35.5 Å². The molecule has 5 heteroatoms. The molecule has 0 spiro atoms. The van der Waals surface area contributed by atoms with E-state index in [4.69, 9.17) is 0 Å². The second-order valence-corrected chi connectivity index (χ2v) is 5.78. The third-order valence-electron chi connectivity index (χ3n) is 3.42. The first-order valence-corrected chi connectivity index (χ1v) is 8.01. The van der Waals surface area contributed by atoms with Crippen LogP contribution in [-0.2, 0) is 0 Å². The summed E-state index contributed by atoms with van der Waals surface area (Å²) in [5.74, 6) is 6.03. The zero-order valence-electron chi connectivity index (χ0n) is 14.1. The number of nitrogens with zero attached hydrogens (tertiary/aromatic N) is 3. The summed E-state index contributed by atoms with van der Waals surface area (Å²) < 4.78 is 1.73. The molecule has 3 aromatic rings. The highest BCUT2D eigenvalue weighted by Gasteiger charge is 2.11. The third kappa shape index (κ3) is 4.12. The molecule has 0 aliphatic heterocycles. The molecule has 1 N–H and O–H groups in total. The quantitative estimate of drug-likeness (QED) is 0.751. The van der Waals surface area contributed by atoms with Crippen molar-refractivity contribution < 1.29 is 4.79 Å². The lowest BCUT2D eigenvalue weighted by Gasteiger charge is -2.10. The fourth-order valence-electron chi connectivity index (χ4n) is 2.30. The first-order valence-electron chi connectivity index (χ1n) is 8.01. The van der Waals surface area contributed by atoms with Gasteiger partial charge in [0.2, 0.25) is 0 Å². The highest BCUT2D eigenvalue weighted by atomic mass is 16.1. The van der Waals surface area contributed by atoms with Crippen LogP contribution < -0.4 is 5.32 Å². The number of benzene rings is 1. The maximum Gasteiger partial charge on any atom is 0.251 e. The SMILES string of the molecule is CC(C)NC(=O)c1ccc(-n2cccn2)c(C#Cc2ccccn2)c1. The van der Waals surface area contributed by atoms with E-state index in [0.29, 0.717) is 16.8 Å². The smallest absolute Gasteiger partial charge is 0.251 e. The van der Waals surface area contributed by atoms with Gasteiger partial charge in [0, 0.05) is 30.2 Å². The Morgan fingerprint density at radius 1 is 1.12 bits per heavy atom. The maximum absolute atomic E-state index is 12.3. The van der Waals surface area contributed by atoms with E-state index >= 15 is 0 Å². The van der Waals surface area contributed by atoms with E-state index in [1.165, 1.54) is 0 Å². The van der Waals surface area contributed by atoms with Crippen LogP contribution in [0.2, 0.25) is 0 Å². The lowest BCUT2D eigenvalue weighted by molar-refractivity contribution is 0.0943. The van der Waals surface area contributed by atoms with Crippen molar-refractivity contribution in [1.29, 1.82) is 0 Å². The Morgan fingerprint density at radius 2 is 2.00 bits per heavy atom. The van der Waals surface area contributed by atoms with E-state index in [1.54, 1.807) is 29.2 Å². The number of carbonyl (C=O) groups is 1. The van der Waals surface area contributed by atoms with Gasteiger partial charge in [-0.05, 0) is 56.2 Å². The van der Waals surface area contributed by atoms with Crippen LogP contribution in [0.25, 0.3) is 5.69 Å². The molecule has 0 fully saturated rings. The molecular weight excluding hydrogens is 312 g/mol. The molecule has 1 amide bonds. The number of hydrogen-bond donors (Lipinski definition) is 1. The highest BCUT2D eigenvalue weighted by molar-refractivity contribution is 5.95. The summed E-state index contributed by atoms with van der Waals surface area (Å²) in [7, 11) is 0. The Labute approximate surface area is 146 Å². The number of nitrogens with one attached hydrogen (secondary N) is 1. The first kappa shape index (κ1) is 16.5. The number of rotatable bonds is 3. The van der Waals surface area contributed by atoms with Crippen molar-refractivity contribution in [3.05, 3.63) is 77.9 Å². The molecule has 0 radical (unpaired) electrons. The van der Waals surface area contributed by atoms with Gasteiger partial charge in [-0.25, -0.2) is 9.67 Å². The van der Waals surface area contributed by atoms with Crippen molar-refractivity contribution in [1.82, 2.24) is 20.1 Å². The van der Waals surface area contributed by atoms with E-state index in [-0.39, 0.29) is 11.9 Å². The number of pyridine rings is 1. The van der Waals surface area contributed by atoms with Crippen LogP contribution in [-0.4, -0.2) is 26.7 Å². The zero-order chi connectivity index (χ0) is 17.6. The van der Waals surface area contributed by atoms with Crippen molar-refractivity contribution in [2.45, 2.75) is 19.9 Å². The molecule has 1 aromatic carbocycles. The van der Waals surface area contributed by atoms with E-state index in [1.807, 2.05) is 50.4 Å². The van der Waals surface area contributed by atoms with Gasteiger partial charge in [0.05, 0.1) is 11.3 Å². The molecule has 0 aliphatic rings. The van der Waals surface area contributed by atoms with Crippen LogP contribution in [0.3, 0.4) is 0 Å². The van der Waals surface area contributed by atoms with Crippen molar-refractivity contribution >= 4 is 5.91 Å². The van der Waals surface area contributed by atoms with Gasteiger partial charge in [-0.15, -0.1) is 0 Å². The fraction of sp³-hybridized carbons (Fsp3) is 0.150. The highest BCUT2D eigenvalue weighted by Crippen LogP contribution is 2.16. The Kier molecular flexibility index (Phi) is 4.91. The standard InChI is InChI=1S/C20H18N4O/c1-15(2)23-20(25)17-8-10-19(24-13-5-12-22-24)16(14-17)7-9-18-6-3-4-11-21-18/h3-6,8,10-15H,1-2H3,(H,23,25). The summed E-state index contributed by atoms with van der Waals surface area (Å²) in [4.78, 5) is 16.5. The van der Waals surface area contributed by atoms with Crippen molar-refractivity contribution in [2.24, 2.45) is 0 Å². The van der Waals surface area contributed by atoms with E-state index in [9.17, 15) is 4.79 Å². The summed E-state index contributed by atoms with van der Waals surface area (Å²) in [5, 5.41) is 7.15. The van der Waals surface area contributed by atoms with E-state index in [2.05, 4.69) is 27.2 Å². The molecule has 0 saturated heterocycles. The molecule has 0 atom stereocenters. The van der Waals surface area contributed by atoms with Crippen molar-refractivity contribution in [3.63, 3.8) is 0 Å². The largest absolute Gasteiger partial charge is 0.350 e. The minimum Gasteiger partial charge on any atom is -0.350 e. The molecule has 0 aliphatic carbocycles. The minimum atomic E-state index is -0.122. The molecule has 2 aromatic heterocycles. The van der Waals surface area contributed by atoms with Gasteiger partial charge >= 0.3 is 0 Å². The predicted octanol–water partition coefficient (Wildman–Crippen LogP) is 2.81. The van der Waals surface area contributed by atoms with Crippen LogP contribution in [0.4, 0.5) is 0 Å². The van der Waals surface area contributed by atoms with E-state index in [0.717, 1.165) is 5.69 Å². The van der Waals surface area contributed by atoms with E-state index < -0.39 is 0 Å². The monoisotopic (exact) mass is 330 g/mol. The second kappa shape index (κ2) is 7.45. The van der Waals surface area contributed by atoms with Gasteiger partial charge in [-0.3, -0.25) is 4.79 Å². The van der Waals surface area contributed by atoms with Gasteiger partial charge in [0.15, 0.2) is 0 Å². The lowest BCUT2D eigenvalue weighted by atomic mass is 10.1. The number of carbonyl (C=O) groups excluding carboxylic acids is 1. The summed E-state index contributed by atoms with van der Waals surface area (Å²) in [6.45, 7) is 3.86. The Balaban J connectivity index is 2.03. The molecule has 0 unspecified atom stereocenters. The van der Waals surface area contributed by atoms with Gasteiger partial charge < -0.3 is 5.32 Å². The summed E-state index contributed by atoms with van der Waals surface area (Å²) in [6, 6.07) is 12.9. The average molecular weight is 330 g/mol. The molecule has 2 heterocycles. The van der Waals surface area contributed by atoms with Gasteiger partial charge in [0.25, 0.3) is 5.91 Å². The topological polar surface area (TPSA) is 59.8 Å². The molecule has 3 rings (SSSR count). The predicted molar refractivity (Wildman–Crippen MR) is 96.4 cm³/mol. The molecule has 124 valence electrons. The zero-order valence-corrected chi connectivity index (χ0v) is 14.1. The fourth-order valence-corrected chi connectivity index (χ4v) is 2.30. The molecule has 5 nitrogen and oxygen atoms in total.